The predicted octanol–water partition coefficient (Wildman–Crippen LogP) is 12.0. The molecule has 200 valence electrons. The van der Waals surface area contributed by atoms with Crippen LogP contribution in [0.5, 0.6) is 0 Å². The quantitative estimate of drug-likeness (QED) is 0.199. The third-order valence-electron chi connectivity index (χ3n) is 8.53. The number of fused-ring (bicyclic) bond motifs is 7. The van der Waals surface area contributed by atoms with Crippen LogP contribution in [-0.4, -0.2) is 0 Å². The fraction of sp³-hybridized carbons (Fsp3) is 0. The molecule has 0 N–H and O–H groups in total. The van der Waals surface area contributed by atoms with Crippen LogP contribution >= 0.6 is 0 Å². The number of hydrogen-bond acceptors (Lipinski definition) is 1. The summed E-state index contributed by atoms with van der Waals surface area (Å²) in [5.74, 6) is 0. The molecule has 0 saturated carbocycles. The number of benzene rings is 8. The fourth-order valence-corrected chi connectivity index (χ4v) is 6.70. The lowest BCUT2D eigenvalue weighted by atomic mass is 9.85. The van der Waals surface area contributed by atoms with Gasteiger partial charge in [-0.15, -0.1) is 0 Å². The molecule has 0 radical (unpaired) electrons. The SMILES string of the molecule is [2H]c1c([2H])c([2H])c(-c2cc3c4cc(-c5c6ccccc6c(-c6ccccc6)c6ccccc56)ccc4oc3c3ccccc23)c([2H])c1[2H]. The number of hydrogen-bond donors (Lipinski definition) is 0. The van der Waals surface area contributed by atoms with Crippen molar-refractivity contribution in [3.63, 3.8) is 0 Å². The van der Waals surface area contributed by atoms with E-state index in [2.05, 4.69) is 84.9 Å². The summed E-state index contributed by atoms with van der Waals surface area (Å²) in [6, 6.07) is 42.0. The Morgan fingerprint density at radius 1 is 0.395 bits per heavy atom. The van der Waals surface area contributed by atoms with Crippen LogP contribution in [-0.2, 0) is 0 Å². The van der Waals surface area contributed by atoms with Crippen LogP contribution in [0.3, 0.4) is 0 Å². The second-order valence-electron chi connectivity index (χ2n) is 10.9. The van der Waals surface area contributed by atoms with Crippen LogP contribution in [0.1, 0.15) is 6.85 Å². The van der Waals surface area contributed by atoms with E-state index in [-0.39, 0.29) is 29.7 Å². The van der Waals surface area contributed by atoms with Crippen LogP contribution in [0, 0.1) is 0 Å². The molecule has 1 aromatic heterocycles. The Morgan fingerprint density at radius 2 is 0.953 bits per heavy atom. The molecule has 0 aliphatic carbocycles. The summed E-state index contributed by atoms with van der Waals surface area (Å²) in [5, 5.41) is 7.92. The maximum Gasteiger partial charge on any atom is 0.143 e. The zero-order chi connectivity index (χ0) is 32.7. The lowest BCUT2D eigenvalue weighted by molar-refractivity contribution is 0.673. The molecule has 9 aromatic rings. The van der Waals surface area contributed by atoms with E-state index in [4.69, 9.17) is 11.3 Å². The van der Waals surface area contributed by atoms with E-state index in [1.807, 2.05) is 42.5 Å². The van der Waals surface area contributed by atoms with Gasteiger partial charge in [-0.1, -0.05) is 139 Å². The van der Waals surface area contributed by atoms with Crippen molar-refractivity contribution in [3.05, 3.63) is 158 Å². The second kappa shape index (κ2) is 9.44. The Bertz CT molecular complexity index is 2700. The summed E-state index contributed by atoms with van der Waals surface area (Å²) >= 11 is 0. The highest BCUT2D eigenvalue weighted by molar-refractivity contribution is 6.23. The minimum absolute atomic E-state index is 0.179. The van der Waals surface area contributed by atoms with Crippen LogP contribution in [0.2, 0.25) is 0 Å². The Hall–Kier alpha value is -5.66. The van der Waals surface area contributed by atoms with E-state index in [9.17, 15) is 0 Å². The van der Waals surface area contributed by atoms with Gasteiger partial charge >= 0.3 is 0 Å². The summed E-state index contributed by atoms with van der Waals surface area (Å²) in [6.07, 6.45) is 0. The number of rotatable bonds is 3. The van der Waals surface area contributed by atoms with Gasteiger partial charge in [-0.25, -0.2) is 0 Å². The Balaban J connectivity index is 1.38. The van der Waals surface area contributed by atoms with Gasteiger partial charge in [0.15, 0.2) is 0 Å². The third kappa shape index (κ3) is 3.65. The molecule has 0 bridgehead atoms. The molecule has 1 nitrogen and oxygen atoms in total. The third-order valence-corrected chi connectivity index (χ3v) is 8.53. The molecule has 1 heterocycles. The molecule has 0 aliphatic rings. The topological polar surface area (TPSA) is 13.1 Å². The monoisotopic (exact) mass is 551 g/mol. The standard InChI is InChI=1S/C42H26O/c1-3-13-27(14-4-1)36-26-38-37-25-29(23-24-39(37)43-42(38)35-22-12-7-17-30(35)36)41-33-20-10-8-18-31(33)40(28-15-5-2-6-16-28)32-19-9-11-21-34(32)41/h1-26H/i1D,3D,4D,13D,14D. The molecule has 0 saturated heterocycles. The first-order valence-electron chi connectivity index (χ1n) is 16.9. The van der Waals surface area contributed by atoms with E-state index in [1.54, 1.807) is 0 Å². The van der Waals surface area contributed by atoms with Gasteiger partial charge in [-0.05, 0) is 78.5 Å². The lowest BCUT2D eigenvalue weighted by Crippen LogP contribution is -1.90. The van der Waals surface area contributed by atoms with E-state index >= 15 is 0 Å². The summed E-state index contributed by atoms with van der Waals surface area (Å²) < 4.78 is 48.9. The van der Waals surface area contributed by atoms with Gasteiger partial charge in [0.05, 0.1) is 6.85 Å². The van der Waals surface area contributed by atoms with Crippen molar-refractivity contribution >= 4 is 54.3 Å². The Labute approximate surface area is 256 Å². The Kier molecular flexibility index (Phi) is 4.27. The maximum absolute atomic E-state index is 8.77. The zero-order valence-electron chi connectivity index (χ0n) is 28.0. The van der Waals surface area contributed by atoms with Crippen molar-refractivity contribution in [3.8, 4) is 33.4 Å². The van der Waals surface area contributed by atoms with E-state index < -0.39 is 6.04 Å². The minimum atomic E-state index is -0.407. The average Bonchev–Trinajstić information content (AvgIpc) is 3.50. The van der Waals surface area contributed by atoms with Crippen molar-refractivity contribution in [2.75, 3.05) is 0 Å². The molecule has 9 rings (SSSR count). The first-order chi connectivity index (χ1) is 23.4. The van der Waals surface area contributed by atoms with Crippen molar-refractivity contribution in [1.29, 1.82) is 0 Å². The molecule has 0 unspecified atom stereocenters. The molecule has 43 heavy (non-hydrogen) atoms. The van der Waals surface area contributed by atoms with Gasteiger partial charge in [0.25, 0.3) is 0 Å². The van der Waals surface area contributed by atoms with Crippen LogP contribution in [0.25, 0.3) is 87.6 Å². The van der Waals surface area contributed by atoms with Gasteiger partial charge in [0.1, 0.15) is 11.2 Å². The highest BCUT2D eigenvalue weighted by Crippen LogP contribution is 2.45. The molecular weight excluding hydrogens is 520 g/mol. The maximum atomic E-state index is 8.77. The first-order valence-corrected chi connectivity index (χ1v) is 14.4. The molecule has 0 spiro atoms. The molecule has 1 heteroatoms. The van der Waals surface area contributed by atoms with Crippen LogP contribution < -0.4 is 0 Å². The zero-order valence-corrected chi connectivity index (χ0v) is 23.0. The van der Waals surface area contributed by atoms with Gasteiger partial charge in [-0.3, -0.25) is 0 Å². The summed E-state index contributed by atoms with van der Waals surface area (Å²) in [5.41, 5.74) is 6.70. The summed E-state index contributed by atoms with van der Waals surface area (Å²) in [4.78, 5) is 0. The van der Waals surface area contributed by atoms with Crippen molar-refractivity contribution in [2.45, 2.75) is 0 Å². The van der Waals surface area contributed by atoms with Crippen molar-refractivity contribution in [2.24, 2.45) is 0 Å². The molecule has 8 aromatic carbocycles. The predicted molar refractivity (Wildman–Crippen MR) is 183 cm³/mol. The van der Waals surface area contributed by atoms with Crippen LogP contribution in [0.4, 0.5) is 0 Å². The van der Waals surface area contributed by atoms with E-state index in [1.165, 1.54) is 21.9 Å². The van der Waals surface area contributed by atoms with Crippen LogP contribution in [0.15, 0.2) is 162 Å². The lowest BCUT2D eigenvalue weighted by Gasteiger charge is -2.17. The van der Waals surface area contributed by atoms with E-state index in [0.29, 0.717) is 16.7 Å². The second-order valence-corrected chi connectivity index (χ2v) is 10.9. The smallest absolute Gasteiger partial charge is 0.143 e. The fourth-order valence-electron chi connectivity index (χ4n) is 6.70. The van der Waals surface area contributed by atoms with Gasteiger partial charge in [0, 0.05) is 16.2 Å². The molecule has 0 aliphatic heterocycles. The summed E-state index contributed by atoms with van der Waals surface area (Å²) in [6.45, 7) is 0. The highest BCUT2D eigenvalue weighted by Gasteiger charge is 2.19. The van der Waals surface area contributed by atoms with E-state index in [0.717, 1.165) is 43.4 Å². The van der Waals surface area contributed by atoms with Gasteiger partial charge < -0.3 is 4.42 Å². The molecule has 0 amide bonds. The first kappa shape index (κ1) is 19.5. The minimum Gasteiger partial charge on any atom is -0.455 e. The highest BCUT2D eigenvalue weighted by atomic mass is 16.3. The molecule has 0 fully saturated rings. The molecular formula is C42H26O. The van der Waals surface area contributed by atoms with Gasteiger partial charge in [0.2, 0.25) is 0 Å². The normalized spacial score (nSPS) is 13.3. The summed E-state index contributed by atoms with van der Waals surface area (Å²) in [7, 11) is 0. The largest absolute Gasteiger partial charge is 0.455 e. The average molecular weight is 552 g/mol. The van der Waals surface area contributed by atoms with Crippen molar-refractivity contribution < 1.29 is 11.3 Å². The molecule has 0 atom stereocenters. The van der Waals surface area contributed by atoms with Gasteiger partial charge in [-0.2, -0.15) is 0 Å². The van der Waals surface area contributed by atoms with Crippen molar-refractivity contribution in [1.82, 2.24) is 0 Å². The Morgan fingerprint density at radius 3 is 1.60 bits per heavy atom. The number of furan rings is 1.